The van der Waals surface area contributed by atoms with Crippen LogP contribution in [0.5, 0.6) is 0 Å². The van der Waals surface area contributed by atoms with Crippen LogP contribution < -0.4 is 0 Å². The third-order valence-electron chi connectivity index (χ3n) is 2.74. The van der Waals surface area contributed by atoms with Gasteiger partial charge in [-0.1, -0.05) is 38.1 Å². The lowest BCUT2D eigenvalue weighted by molar-refractivity contribution is 0.0370. The fraction of sp³-hybridized carbons (Fsp3) is 0.333. The standard InChI is InChI=1S/C15H18O4/c1-3-5-8-11(4-2)19-15(18)13-10-7-6-9-12(13)14(16)17/h4,6-7,9-11H,2-3,5,8H2,1H3,(H,16,17)/t11-/m1/s1. The Bertz CT molecular complexity index is 465. The molecule has 19 heavy (non-hydrogen) atoms. The molecule has 0 bridgehead atoms. The quantitative estimate of drug-likeness (QED) is 0.605. The van der Waals surface area contributed by atoms with Crippen LogP contribution in [-0.2, 0) is 4.74 Å². The van der Waals surface area contributed by atoms with Crippen molar-refractivity contribution in [1.82, 2.24) is 0 Å². The zero-order chi connectivity index (χ0) is 14.3. The van der Waals surface area contributed by atoms with Crippen molar-refractivity contribution in [3.63, 3.8) is 0 Å². The van der Waals surface area contributed by atoms with E-state index in [9.17, 15) is 9.59 Å². The molecule has 0 aliphatic heterocycles. The van der Waals surface area contributed by atoms with Crippen molar-refractivity contribution in [2.45, 2.75) is 32.3 Å². The van der Waals surface area contributed by atoms with Crippen LogP contribution in [-0.4, -0.2) is 23.1 Å². The number of carboxylic acid groups (broad SMARTS) is 1. The van der Waals surface area contributed by atoms with Gasteiger partial charge in [-0.25, -0.2) is 9.59 Å². The Morgan fingerprint density at radius 3 is 2.53 bits per heavy atom. The Morgan fingerprint density at radius 1 is 1.37 bits per heavy atom. The van der Waals surface area contributed by atoms with Crippen molar-refractivity contribution in [1.29, 1.82) is 0 Å². The number of esters is 1. The molecule has 0 aliphatic rings. The van der Waals surface area contributed by atoms with Crippen molar-refractivity contribution < 1.29 is 19.4 Å². The fourth-order valence-electron chi connectivity index (χ4n) is 1.68. The van der Waals surface area contributed by atoms with Crippen LogP contribution in [0, 0.1) is 0 Å². The third kappa shape index (κ3) is 4.25. The molecule has 0 unspecified atom stereocenters. The molecule has 1 rings (SSSR count). The molecule has 4 heteroatoms. The minimum Gasteiger partial charge on any atom is -0.478 e. The highest BCUT2D eigenvalue weighted by molar-refractivity contribution is 6.02. The van der Waals surface area contributed by atoms with Crippen LogP contribution in [0.25, 0.3) is 0 Å². The summed E-state index contributed by atoms with van der Waals surface area (Å²) in [7, 11) is 0. The number of benzene rings is 1. The number of carbonyl (C=O) groups excluding carboxylic acids is 1. The smallest absolute Gasteiger partial charge is 0.339 e. The Labute approximate surface area is 112 Å². The van der Waals surface area contributed by atoms with E-state index in [4.69, 9.17) is 9.84 Å². The van der Waals surface area contributed by atoms with Gasteiger partial charge in [-0.3, -0.25) is 0 Å². The van der Waals surface area contributed by atoms with Crippen LogP contribution in [0.4, 0.5) is 0 Å². The molecule has 0 aromatic heterocycles. The lowest BCUT2D eigenvalue weighted by atomic mass is 10.1. The molecule has 0 aliphatic carbocycles. The molecule has 4 nitrogen and oxygen atoms in total. The summed E-state index contributed by atoms with van der Waals surface area (Å²) in [5.74, 6) is -1.77. The molecular formula is C15H18O4. The summed E-state index contributed by atoms with van der Waals surface area (Å²) >= 11 is 0. The number of hydrogen-bond donors (Lipinski definition) is 1. The highest BCUT2D eigenvalue weighted by Crippen LogP contribution is 2.14. The van der Waals surface area contributed by atoms with Crippen LogP contribution in [0.2, 0.25) is 0 Å². The van der Waals surface area contributed by atoms with E-state index in [2.05, 4.69) is 6.58 Å². The normalized spacial score (nSPS) is 11.6. The van der Waals surface area contributed by atoms with E-state index in [1.165, 1.54) is 12.1 Å². The van der Waals surface area contributed by atoms with Crippen molar-refractivity contribution >= 4 is 11.9 Å². The predicted molar refractivity (Wildman–Crippen MR) is 72.3 cm³/mol. The number of unbranched alkanes of at least 4 members (excludes halogenated alkanes) is 1. The second kappa shape index (κ2) is 7.36. The maximum absolute atomic E-state index is 12.0. The summed E-state index contributed by atoms with van der Waals surface area (Å²) in [5, 5.41) is 9.02. The van der Waals surface area contributed by atoms with Gasteiger partial charge in [-0.15, -0.1) is 0 Å². The first kappa shape index (κ1) is 15.0. The van der Waals surface area contributed by atoms with Gasteiger partial charge >= 0.3 is 11.9 Å². The summed E-state index contributed by atoms with van der Waals surface area (Å²) < 4.78 is 5.26. The van der Waals surface area contributed by atoms with Crippen molar-refractivity contribution in [2.24, 2.45) is 0 Å². The van der Waals surface area contributed by atoms with E-state index in [-0.39, 0.29) is 17.2 Å². The fourth-order valence-corrected chi connectivity index (χ4v) is 1.68. The SMILES string of the molecule is C=C[C@H](CCCC)OC(=O)c1ccccc1C(=O)O. The Kier molecular flexibility index (Phi) is 5.79. The number of rotatable bonds is 7. The van der Waals surface area contributed by atoms with Gasteiger partial charge in [-0.2, -0.15) is 0 Å². The molecule has 1 aromatic rings. The molecular weight excluding hydrogens is 244 g/mol. The van der Waals surface area contributed by atoms with Gasteiger partial charge < -0.3 is 9.84 Å². The van der Waals surface area contributed by atoms with Crippen LogP contribution in [0.3, 0.4) is 0 Å². The van der Waals surface area contributed by atoms with E-state index in [0.717, 1.165) is 12.8 Å². The minimum absolute atomic E-state index is 0.0502. The third-order valence-corrected chi connectivity index (χ3v) is 2.74. The van der Waals surface area contributed by atoms with Crippen LogP contribution >= 0.6 is 0 Å². The number of aromatic carboxylic acids is 1. The summed E-state index contributed by atoms with van der Waals surface area (Å²) in [6.07, 6.45) is 3.80. The molecule has 1 aromatic carbocycles. The average Bonchev–Trinajstić information content (AvgIpc) is 2.43. The second-order valence-electron chi connectivity index (χ2n) is 4.17. The summed E-state index contributed by atoms with van der Waals surface area (Å²) in [6.45, 7) is 5.67. The number of hydrogen-bond acceptors (Lipinski definition) is 3. The second-order valence-corrected chi connectivity index (χ2v) is 4.17. The number of ether oxygens (including phenoxy) is 1. The number of carboxylic acids is 1. The maximum Gasteiger partial charge on any atom is 0.339 e. The van der Waals surface area contributed by atoms with Gasteiger partial charge in [0, 0.05) is 0 Å². The molecule has 0 saturated heterocycles. The molecule has 0 radical (unpaired) electrons. The molecule has 0 fully saturated rings. The molecule has 1 N–H and O–H groups in total. The van der Waals surface area contributed by atoms with Crippen LogP contribution in [0.1, 0.15) is 46.9 Å². The zero-order valence-corrected chi connectivity index (χ0v) is 11.0. The van der Waals surface area contributed by atoms with E-state index in [1.54, 1.807) is 18.2 Å². The highest BCUT2D eigenvalue weighted by Gasteiger charge is 2.19. The van der Waals surface area contributed by atoms with E-state index in [1.807, 2.05) is 6.92 Å². The molecule has 102 valence electrons. The summed E-state index contributed by atoms with van der Waals surface area (Å²) in [6, 6.07) is 6.01. The van der Waals surface area contributed by atoms with Gasteiger partial charge in [0.2, 0.25) is 0 Å². The largest absolute Gasteiger partial charge is 0.478 e. The van der Waals surface area contributed by atoms with Gasteiger partial charge in [0.05, 0.1) is 11.1 Å². The van der Waals surface area contributed by atoms with Crippen LogP contribution in [0.15, 0.2) is 36.9 Å². The van der Waals surface area contributed by atoms with E-state index < -0.39 is 11.9 Å². The predicted octanol–water partition coefficient (Wildman–Crippen LogP) is 3.29. The Morgan fingerprint density at radius 2 is 2.00 bits per heavy atom. The number of carbonyl (C=O) groups is 2. The first-order valence-electron chi connectivity index (χ1n) is 6.26. The molecule has 0 saturated carbocycles. The average molecular weight is 262 g/mol. The van der Waals surface area contributed by atoms with Gasteiger partial charge in [-0.05, 0) is 25.0 Å². The van der Waals surface area contributed by atoms with Crippen molar-refractivity contribution in [2.75, 3.05) is 0 Å². The van der Waals surface area contributed by atoms with E-state index >= 15 is 0 Å². The van der Waals surface area contributed by atoms with Crippen molar-refractivity contribution in [3.05, 3.63) is 48.0 Å². The van der Waals surface area contributed by atoms with Crippen molar-refractivity contribution in [3.8, 4) is 0 Å². The molecule has 0 spiro atoms. The lowest BCUT2D eigenvalue weighted by Crippen LogP contribution is -2.18. The minimum atomic E-state index is -1.14. The lowest BCUT2D eigenvalue weighted by Gasteiger charge is -2.14. The summed E-state index contributed by atoms with van der Waals surface area (Å²) in [5.41, 5.74) is 0.0177. The van der Waals surface area contributed by atoms with Gasteiger partial charge in [0.25, 0.3) is 0 Å². The first-order chi connectivity index (χ1) is 9.10. The highest BCUT2D eigenvalue weighted by atomic mass is 16.5. The molecule has 1 atom stereocenters. The first-order valence-corrected chi connectivity index (χ1v) is 6.26. The maximum atomic E-state index is 12.0. The van der Waals surface area contributed by atoms with Gasteiger partial charge in [0.1, 0.15) is 6.10 Å². The zero-order valence-electron chi connectivity index (χ0n) is 11.0. The Balaban J connectivity index is 2.82. The topological polar surface area (TPSA) is 63.6 Å². The van der Waals surface area contributed by atoms with Gasteiger partial charge in [0.15, 0.2) is 0 Å². The summed E-state index contributed by atoms with van der Waals surface area (Å²) in [4.78, 5) is 23.0. The monoisotopic (exact) mass is 262 g/mol. The van der Waals surface area contributed by atoms with E-state index in [0.29, 0.717) is 6.42 Å². The molecule has 0 amide bonds. The molecule has 0 heterocycles. The Hall–Kier alpha value is -2.10.